The standard InChI is InChI=1S/C20H24ClNO4.Na/c1-3-14-6-5-7-15(4-2)20(14)22(18(23)12-21)13-17-9-8-16(26-17)10-11-19(24)25;/h5-9H,3-4,10-13H2,1-2H3,(H,24,25);/q;+1/p-1. The summed E-state index contributed by atoms with van der Waals surface area (Å²) in [5.41, 5.74) is 3.04. The van der Waals surface area contributed by atoms with Gasteiger partial charge in [-0.2, -0.15) is 0 Å². The molecule has 0 saturated heterocycles. The number of hydrogen-bond donors (Lipinski definition) is 0. The number of amides is 1. The molecule has 1 aromatic carbocycles. The molecule has 0 N–H and O–H groups in total. The molecular weight excluding hydrogens is 377 g/mol. The number of hydrogen-bond acceptors (Lipinski definition) is 4. The van der Waals surface area contributed by atoms with E-state index in [-0.39, 0.29) is 60.7 Å². The summed E-state index contributed by atoms with van der Waals surface area (Å²) in [7, 11) is 0. The van der Waals surface area contributed by atoms with Gasteiger partial charge in [-0.25, -0.2) is 0 Å². The molecule has 0 bridgehead atoms. The Morgan fingerprint density at radius 2 is 1.67 bits per heavy atom. The molecule has 2 aromatic rings. The van der Waals surface area contributed by atoms with Gasteiger partial charge in [0.25, 0.3) is 0 Å². The number of furan rings is 1. The molecule has 140 valence electrons. The van der Waals surface area contributed by atoms with Gasteiger partial charge in [-0.15, -0.1) is 11.6 Å². The number of alkyl halides is 1. The van der Waals surface area contributed by atoms with E-state index in [1.54, 1.807) is 17.0 Å². The van der Waals surface area contributed by atoms with Crippen molar-refractivity contribution < 1.29 is 48.7 Å². The summed E-state index contributed by atoms with van der Waals surface area (Å²) in [4.78, 5) is 24.8. The van der Waals surface area contributed by atoms with Gasteiger partial charge in [0, 0.05) is 12.4 Å². The molecule has 0 aliphatic carbocycles. The third-order valence-corrected chi connectivity index (χ3v) is 4.49. The number of nitrogens with zero attached hydrogens (tertiary/aromatic N) is 1. The average molecular weight is 400 g/mol. The first-order valence-electron chi connectivity index (χ1n) is 8.74. The second-order valence-corrected chi connectivity index (χ2v) is 6.25. The smallest absolute Gasteiger partial charge is 0.550 e. The van der Waals surface area contributed by atoms with Crippen molar-refractivity contribution in [1.29, 1.82) is 0 Å². The van der Waals surface area contributed by atoms with E-state index in [0.29, 0.717) is 11.5 Å². The number of aliphatic carboxylic acids is 1. The number of carboxylic acids is 1. The van der Waals surface area contributed by atoms with Crippen LogP contribution in [-0.2, 0) is 35.4 Å². The third-order valence-electron chi connectivity index (χ3n) is 4.26. The van der Waals surface area contributed by atoms with Crippen LogP contribution >= 0.6 is 11.6 Å². The zero-order valence-corrected chi connectivity index (χ0v) is 18.8. The molecule has 0 unspecified atom stereocenters. The van der Waals surface area contributed by atoms with Crippen LogP contribution in [0.3, 0.4) is 0 Å². The zero-order chi connectivity index (χ0) is 19.1. The number of rotatable bonds is 9. The van der Waals surface area contributed by atoms with Gasteiger partial charge in [0.05, 0.1) is 12.2 Å². The Morgan fingerprint density at radius 1 is 1.07 bits per heavy atom. The van der Waals surface area contributed by atoms with Gasteiger partial charge >= 0.3 is 29.6 Å². The molecule has 0 radical (unpaired) electrons. The van der Waals surface area contributed by atoms with E-state index in [0.717, 1.165) is 29.7 Å². The molecule has 1 amide bonds. The molecule has 1 heterocycles. The van der Waals surface area contributed by atoms with Gasteiger partial charge in [-0.05, 0) is 42.5 Å². The molecular formula is C20H23ClNNaO4. The summed E-state index contributed by atoms with van der Waals surface area (Å²) in [5, 5.41) is 10.6. The van der Waals surface area contributed by atoms with Crippen molar-refractivity contribution in [1.82, 2.24) is 0 Å². The summed E-state index contributed by atoms with van der Waals surface area (Å²) in [6, 6.07) is 9.51. The Morgan fingerprint density at radius 3 is 2.19 bits per heavy atom. The normalized spacial score (nSPS) is 10.3. The van der Waals surface area contributed by atoms with Crippen LogP contribution < -0.4 is 39.6 Å². The number of carbonyl (C=O) groups excluding carboxylic acids is 2. The molecule has 5 nitrogen and oxygen atoms in total. The number of carboxylic acid groups (broad SMARTS) is 1. The fourth-order valence-corrected chi connectivity index (χ4v) is 3.09. The molecule has 0 atom stereocenters. The van der Waals surface area contributed by atoms with E-state index in [2.05, 4.69) is 0 Å². The minimum atomic E-state index is -1.12. The van der Waals surface area contributed by atoms with Crippen LogP contribution in [0.5, 0.6) is 0 Å². The van der Waals surface area contributed by atoms with Crippen LogP contribution in [0.4, 0.5) is 5.69 Å². The van der Waals surface area contributed by atoms with Crippen molar-refractivity contribution >= 4 is 29.2 Å². The van der Waals surface area contributed by atoms with Crippen molar-refractivity contribution in [2.45, 2.75) is 46.1 Å². The molecule has 2 rings (SSSR count). The van der Waals surface area contributed by atoms with Gasteiger partial charge in [0.1, 0.15) is 17.4 Å². The monoisotopic (exact) mass is 399 g/mol. The predicted octanol–water partition coefficient (Wildman–Crippen LogP) is -0.137. The maximum absolute atomic E-state index is 12.5. The first-order valence-corrected chi connectivity index (χ1v) is 9.28. The van der Waals surface area contributed by atoms with Crippen molar-refractivity contribution in [3.63, 3.8) is 0 Å². The van der Waals surface area contributed by atoms with Crippen LogP contribution in [0.25, 0.3) is 0 Å². The maximum atomic E-state index is 12.5. The summed E-state index contributed by atoms with van der Waals surface area (Å²) in [5.74, 6) is -0.299. The Kier molecular flexibility index (Phi) is 10.2. The number of benzene rings is 1. The number of para-hydroxylation sites is 1. The van der Waals surface area contributed by atoms with Crippen molar-refractivity contribution in [3.8, 4) is 0 Å². The molecule has 7 heteroatoms. The van der Waals surface area contributed by atoms with Gasteiger partial charge < -0.3 is 19.2 Å². The van der Waals surface area contributed by atoms with Gasteiger partial charge in [0.2, 0.25) is 5.91 Å². The fourth-order valence-electron chi connectivity index (χ4n) is 2.95. The number of aryl methyl sites for hydroxylation is 3. The van der Waals surface area contributed by atoms with Crippen molar-refractivity contribution in [2.75, 3.05) is 10.8 Å². The Bertz CT molecular complexity index is 753. The number of anilines is 1. The van der Waals surface area contributed by atoms with Crippen LogP contribution in [-0.4, -0.2) is 17.8 Å². The largest absolute Gasteiger partial charge is 1.00 e. The van der Waals surface area contributed by atoms with E-state index in [1.165, 1.54) is 0 Å². The fraction of sp³-hybridized carbons (Fsp3) is 0.400. The minimum Gasteiger partial charge on any atom is -0.550 e. The second-order valence-electron chi connectivity index (χ2n) is 5.99. The molecule has 0 spiro atoms. The van der Waals surface area contributed by atoms with Crippen LogP contribution in [0.1, 0.15) is 42.9 Å². The summed E-state index contributed by atoms with van der Waals surface area (Å²) in [6.45, 7) is 4.35. The third kappa shape index (κ3) is 6.39. The van der Waals surface area contributed by atoms with Crippen LogP contribution in [0.2, 0.25) is 0 Å². The van der Waals surface area contributed by atoms with Crippen LogP contribution in [0, 0.1) is 0 Å². The minimum absolute atomic E-state index is 0. The Hall–Kier alpha value is -1.27. The van der Waals surface area contributed by atoms with E-state index in [1.807, 2.05) is 32.0 Å². The predicted molar refractivity (Wildman–Crippen MR) is 99.1 cm³/mol. The van der Waals surface area contributed by atoms with E-state index in [9.17, 15) is 14.7 Å². The summed E-state index contributed by atoms with van der Waals surface area (Å²) < 4.78 is 5.70. The van der Waals surface area contributed by atoms with Crippen molar-refractivity contribution in [3.05, 3.63) is 53.0 Å². The van der Waals surface area contributed by atoms with Crippen molar-refractivity contribution in [2.24, 2.45) is 0 Å². The molecule has 27 heavy (non-hydrogen) atoms. The quantitative estimate of drug-likeness (QED) is 0.434. The summed E-state index contributed by atoms with van der Waals surface area (Å²) >= 11 is 5.85. The van der Waals surface area contributed by atoms with Gasteiger partial charge in [-0.3, -0.25) is 4.79 Å². The number of halogens is 1. The first kappa shape index (κ1) is 23.8. The van der Waals surface area contributed by atoms with Crippen LogP contribution in [0.15, 0.2) is 34.7 Å². The molecule has 1 aromatic heterocycles. The van der Waals surface area contributed by atoms with Gasteiger partial charge in [0.15, 0.2) is 0 Å². The van der Waals surface area contributed by atoms with E-state index >= 15 is 0 Å². The molecule has 0 aliphatic heterocycles. The van der Waals surface area contributed by atoms with E-state index in [4.69, 9.17) is 16.0 Å². The molecule has 0 fully saturated rings. The summed E-state index contributed by atoms with van der Waals surface area (Å²) in [6.07, 6.45) is 1.75. The SMILES string of the molecule is CCc1cccc(CC)c1N(Cc1ccc(CCC(=O)[O-])o1)C(=O)CCl.[Na+]. The zero-order valence-electron chi connectivity index (χ0n) is 16.1. The molecule has 0 aliphatic rings. The second kappa shape index (κ2) is 11.5. The topological polar surface area (TPSA) is 73.6 Å². The van der Waals surface area contributed by atoms with Gasteiger partial charge in [-0.1, -0.05) is 32.0 Å². The van der Waals surface area contributed by atoms with E-state index < -0.39 is 5.97 Å². The average Bonchev–Trinajstić information content (AvgIpc) is 3.10. The first-order chi connectivity index (χ1) is 12.5. The molecule has 0 saturated carbocycles. The Balaban J connectivity index is 0.00000364. The number of carbonyl (C=O) groups is 2. The Labute approximate surface area is 187 Å². The maximum Gasteiger partial charge on any atom is 1.00 e.